The van der Waals surface area contributed by atoms with Gasteiger partial charge in [-0.3, -0.25) is 9.59 Å². The fourth-order valence-corrected chi connectivity index (χ4v) is 4.61. The third kappa shape index (κ3) is 4.48. The van der Waals surface area contributed by atoms with Crippen molar-refractivity contribution in [1.29, 1.82) is 0 Å². The highest BCUT2D eigenvalue weighted by atomic mass is 16.2. The molecule has 3 fully saturated rings. The van der Waals surface area contributed by atoms with Crippen molar-refractivity contribution < 1.29 is 9.59 Å². The van der Waals surface area contributed by atoms with E-state index < -0.39 is 6.04 Å². The normalized spacial score (nSPS) is 30.0. The minimum absolute atomic E-state index is 0.0226. The molecule has 2 N–H and O–H groups in total. The van der Waals surface area contributed by atoms with Crippen molar-refractivity contribution in [3.05, 3.63) is 0 Å². The molecule has 0 bridgehead atoms. The van der Waals surface area contributed by atoms with Crippen LogP contribution in [0, 0.1) is 23.7 Å². The summed E-state index contributed by atoms with van der Waals surface area (Å²) in [5, 5.41) is 5.95. The van der Waals surface area contributed by atoms with Gasteiger partial charge in [-0.05, 0) is 43.9 Å². The zero-order chi connectivity index (χ0) is 16.2. The van der Waals surface area contributed by atoms with Crippen molar-refractivity contribution >= 4 is 11.8 Å². The predicted molar refractivity (Wildman–Crippen MR) is 90.7 cm³/mol. The molecule has 3 saturated carbocycles. The standard InChI is InChI=1S/C19H32N2O2/c1-13(21-19(23)15-9-5-6-10-15)18(22)20-12-16-11-17(16)14-7-3-2-4-8-14/h13-17H,2-12H2,1H3,(H,20,22)(H,21,23)/t13?,16-,17-/m0/s1. The summed E-state index contributed by atoms with van der Waals surface area (Å²) < 4.78 is 0. The smallest absolute Gasteiger partial charge is 0.242 e. The van der Waals surface area contributed by atoms with Gasteiger partial charge in [-0.25, -0.2) is 0 Å². The van der Waals surface area contributed by atoms with Crippen LogP contribution >= 0.6 is 0 Å². The molecular weight excluding hydrogens is 288 g/mol. The molecule has 0 spiro atoms. The molecule has 3 aliphatic carbocycles. The van der Waals surface area contributed by atoms with Crippen LogP contribution in [0.25, 0.3) is 0 Å². The Morgan fingerprint density at radius 2 is 1.65 bits per heavy atom. The van der Waals surface area contributed by atoms with Crippen molar-refractivity contribution in [2.75, 3.05) is 6.54 Å². The van der Waals surface area contributed by atoms with Crippen LogP contribution in [0.2, 0.25) is 0 Å². The minimum Gasteiger partial charge on any atom is -0.354 e. The third-order valence-corrected chi connectivity index (χ3v) is 6.25. The second-order valence-corrected chi connectivity index (χ2v) is 8.01. The second kappa shape index (κ2) is 7.67. The van der Waals surface area contributed by atoms with Gasteiger partial charge in [0.25, 0.3) is 0 Å². The molecule has 0 heterocycles. The summed E-state index contributed by atoms with van der Waals surface area (Å²) in [5.41, 5.74) is 0. The second-order valence-electron chi connectivity index (χ2n) is 8.01. The van der Waals surface area contributed by atoms with Crippen LogP contribution in [0.4, 0.5) is 0 Å². The van der Waals surface area contributed by atoms with E-state index in [-0.39, 0.29) is 17.7 Å². The number of carbonyl (C=O) groups excluding carboxylic acids is 2. The van der Waals surface area contributed by atoms with Gasteiger partial charge in [0.1, 0.15) is 6.04 Å². The summed E-state index contributed by atoms with van der Waals surface area (Å²) in [6.45, 7) is 2.59. The lowest BCUT2D eigenvalue weighted by atomic mass is 9.85. The maximum Gasteiger partial charge on any atom is 0.242 e. The van der Waals surface area contributed by atoms with Crippen molar-refractivity contribution in [2.24, 2.45) is 23.7 Å². The maximum absolute atomic E-state index is 12.2. The Morgan fingerprint density at radius 1 is 1.00 bits per heavy atom. The zero-order valence-corrected chi connectivity index (χ0v) is 14.5. The number of amides is 2. The molecule has 3 atom stereocenters. The lowest BCUT2D eigenvalue weighted by molar-refractivity contribution is -0.130. The lowest BCUT2D eigenvalue weighted by Crippen LogP contribution is -2.47. The third-order valence-electron chi connectivity index (χ3n) is 6.25. The van der Waals surface area contributed by atoms with Crippen molar-refractivity contribution in [3.8, 4) is 0 Å². The first kappa shape index (κ1) is 16.8. The molecule has 3 rings (SSSR count). The summed E-state index contributed by atoms with van der Waals surface area (Å²) in [6, 6.07) is -0.407. The highest BCUT2D eigenvalue weighted by Crippen LogP contribution is 2.48. The quantitative estimate of drug-likeness (QED) is 0.790. The molecule has 130 valence electrons. The number of carbonyl (C=O) groups is 2. The summed E-state index contributed by atoms with van der Waals surface area (Å²) in [4.78, 5) is 24.3. The molecule has 4 heteroatoms. The molecule has 2 amide bonds. The van der Waals surface area contributed by atoms with Crippen LogP contribution in [0.1, 0.15) is 71.1 Å². The molecular formula is C19H32N2O2. The van der Waals surface area contributed by atoms with Crippen LogP contribution in [0.15, 0.2) is 0 Å². The molecule has 0 aromatic rings. The van der Waals surface area contributed by atoms with Gasteiger partial charge in [0, 0.05) is 12.5 Å². The Hall–Kier alpha value is -1.06. The average molecular weight is 320 g/mol. The highest BCUT2D eigenvalue weighted by Gasteiger charge is 2.42. The summed E-state index contributed by atoms with van der Waals surface area (Å²) in [6.07, 6.45) is 12.5. The Balaban J connectivity index is 1.33. The predicted octanol–water partition coefficient (Wildman–Crippen LogP) is 3.01. The van der Waals surface area contributed by atoms with Crippen molar-refractivity contribution in [2.45, 2.75) is 77.2 Å². The van der Waals surface area contributed by atoms with Gasteiger partial charge in [-0.15, -0.1) is 0 Å². The molecule has 0 saturated heterocycles. The zero-order valence-electron chi connectivity index (χ0n) is 14.5. The largest absolute Gasteiger partial charge is 0.354 e. The SMILES string of the molecule is CC(NC(=O)C1CCCC1)C(=O)NC[C@@H]1C[C@H]1C1CCCCC1. The fourth-order valence-electron chi connectivity index (χ4n) is 4.61. The Labute approximate surface area is 140 Å². The van der Waals surface area contributed by atoms with Gasteiger partial charge >= 0.3 is 0 Å². The number of nitrogens with one attached hydrogen (secondary N) is 2. The summed E-state index contributed by atoms with van der Waals surface area (Å²) in [7, 11) is 0. The van der Waals surface area contributed by atoms with Crippen LogP contribution in [-0.4, -0.2) is 24.4 Å². The topological polar surface area (TPSA) is 58.2 Å². The van der Waals surface area contributed by atoms with Gasteiger partial charge in [-0.2, -0.15) is 0 Å². The molecule has 0 aromatic carbocycles. The van der Waals surface area contributed by atoms with Gasteiger partial charge in [-0.1, -0.05) is 44.9 Å². The van der Waals surface area contributed by atoms with E-state index in [2.05, 4.69) is 10.6 Å². The van der Waals surface area contributed by atoms with E-state index in [0.717, 1.165) is 44.1 Å². The van der Waals surface area contributed by atoms with Gasteiger partial charge in [0.05, 0.1) is 0 Å². The average Bonchev–Trinajstić information content (AvgIpc) is 3.13. The monoisotopic (exact) mass is 320 g/mol. The van der Waals surface area contributed by atoms with Gasteiger partial charge in [0.2, 0.25) is 11.8 Å². The molecule has 3 aliphatic rings. The Morgan fingerprint density at radius 3 is 2.35 bits per heavy atom. The first-order chi connectivity index (χ1) is 11.1. The van der Waals surface area contributed by atoms with E-state index in [1.165, 1.54) is 38.5 Å². The van der Waals surface area contributed by atoms with E-state index >= 15 is 0 Å². The number of hydrogen-bond acceptors (Lipinski definition) is 2. The summed E-state index contributed by atoms with van der Waals surface area (Å²) in [5.74, 6) is 2.61. The van der Waals surface area contributed by atoms with E-state index in [4.69, 9.17) is 0 Å². The highest BCUT2D eigenvalue weighted by molar-refractivity contribution is 5.88. The summed E-state index contributed by atoms with van der Waals surface area (Å²) >= 11 is 0. The van der Waals surface area contributed by atoms with Crippen LogP contribution in [0.3, 0.4) is 0 Å². The fraction of sp³-hybridized carbons (Fsp3) is 0.895. The minimum atomic E-state index is -0.407. The van der Waals surface area contributed by atoms with Crippen molar-refractivity contribution in [3.63, 3.8) is 0 Å². The van der Waals surface area contributed by atoms with Gasteiger partial charge < -0.3 is 10.6 Å². The van der Waals surface area contributed by atoms with Crippen LogP contribution in [-0.2, 0) is 9.59 Å². The molecule has 0 radical (unpaired) electrons. The number of hydrogen-bond donors (Lipinski definition) is 2. The van der Waals surface area contributed by atoms with E-state index in [1.807, 2.05) is 0 Å². The number of rotatable bonds is 6. The molecule has 0 aliphatic heterocycles. The Bertz CT molecular complexity index is 425. The van der Waals surface area contributed by atoms with Crippen LogP contribution < -0.4 is 10.6 Å². The molecule has 1 unspecified atom stereocenters. The molecule has 4 nitrogen and oxygen atoms in total. The Kier molecular flexibility index (Phi) is 5.60. The molecule has 0 aromatic heterocycles. The van der Waals surface area contributed by atoms with E-state index in [9.17, 15) is 9.59 Å². The van der Waals surface area contributed by atoms with E-state index in [1.54, 1.807) is 6.92 Å². The van der Waals surface area contributed by atoms with Crippen molar-refractivity contribution in [1.82, 2.24) is 10.6 Å². The van der Waals surface area contributed by atoms with Crippen LogP contribution in [0.5, 0.6) is 0 Å². The molecule has 23 heavy (non-hydrogen) atoms. The first-order valence-electron chi connectivity index (χ1n) is 9.73. The lowest BCUT2D eigenvalue weighted by Gasteiger charge is -2.22. The van der Waals surface area contributed by atoms with E-state index in [0.29, 0.717) is 5.92 Å². The maximum atomic E-state index is 12.2. The van der Waals surface area contributed by atoms with Gasteiger partial charge in [0.15, 0.2) is 0 Å². The first-order valence-corrected chi connectivity index (χ1v) is 9.73.